The second kappa shape index (κ2) is 9.28. The lowest BCUT2D eigenvalue weighted by atomic mass is 9.85. The normalized spacial score (nSPS) is 16.6. The maximum atomic E-state index is 13.1. The van der Waals surface area contributed by atoms with Crippen LogP contribution in [0.1, 0.15) is 37.7 Å². The molecular formula is C22H31NO3SSi. The third kappa shape index (κ3) is 6.79. The summed E-state index contributed by atoms with van der Waals surface area (Å²) in [7, 11) is -5.29. The molecule has 1 saturated carbocycles. The Hall–Kier alpha value is -1.57. The number of sulfonamides is 1. The first kappa shape index (κ1) is 22.7. The summed E-state index contributed by atoms with van der Waals surface area (Å²) in [5, 5.41) is 10.6. The van der Waals surface area contributed by atoms with E-state index < -0.39 is 23.7 Å². The SMILES string of the molecule is Cc1ccc(S(=O)(=O)N(CC#CC2(O)CCCCC2)CC#C[Si](C)(C)C)cc1. The number of benzene rings is 1. The number of aryl methyl sites for hydroxylation is 1. The van der Waals surface area contributed by atoms with Crippen molar-refractivity contribution in [1.29, 1.82) is 0 Å². The van der Waals surface area contributed by atoms with E-state index in [-0.39, 0.29) is 18.0 Å². The summed E-state index contributed by atoms with van der Waals surface area (Å²) < 4.78 is 27.5. The van der Waals surface area contributed by atoms with Crippen molar-refractivity contribution in [2.75, 3.05) is 13.1 Å². The van der Waals surface area contributed by atoms with E-state index >= 15 is 0 Å². The van der Waals surface area contributed by atoms with Gasteiger partial charge in [0.25, 0.3) is 0 Å². The molecule has 0 amide bonds. The average Bonchev–Trinajstić information content (AvgIpc) is 2.60. The second-order valence-electron chi connectivity index (χ2n) is 8.53. The highest BCUT2D eigenvalue weighted by Crippen LogP contribution is 2.27. The Bertz CT molecular complexity index is 888. The molecule has 0 radical (unpaired) electrons. The van der Waals surface area contributed by atoms with Crippen molar-refractivity contribution in [3.8, 4) is 23.3 Å². The van der Waals surface area contributed by atoms with Gasteiger partial charge < -0.3 is 5.11 Å². The van der Waals surface area contributed by atoms with Crippen LogP contribution in [0.25, 0.3) is 0 Å². The minimum Gasteiger partial charge on any atom is -0.378 e. The molecule has 0 aliphatic heterocycles. The number of rotatable bonds is 4. The van der Waals surface area contributed by atoms with E-state index in [2.05, 4.69) is 42.9 Å². The zero-order valence-electron chi connectivity index (χ0n) is 17.4. The van der Waals surface area contributed by atoms with Gasteiger partial charge in [-0.15, -0.1) is 5.54 Å². The fraction of sp³-hybridized carbons (Fsp3) is 0.545. The van der Waals surface area contributed by atoms with Crippen molar-refractivity contribution >= 4 is 18.1 Å². The predicted octanol–water partition coefficient (Wildman–Crippen LogP) is 3.57. The van der Waals surface area contributed by atoms with Crippen LogP contribution < -0.4 is 0 Å². The number of aliphatic hydroxyl groups is 1. The van der Waals surface area contributed by atoms with Crippen molar-refractivity contribution in [3.63, 3.8) is 0 Å². The molecule has 1 N–H and O–H groups in total. The van der Waals surface area contributed by atoms with Gasteiger partial charge in [-0.25, -0.2) is 8.42 Å². The lowest BCUT2D eigenvalue weighted by Gasteiger charge is -2.26. The predicted molar refractivity (Wildman–Crippen MR) is 117 cm³/mol. The Morgan fingerprint density at radius 3 is 2.18 bits per heavy atom. The first-order chi connectivity index (χ1) is 13.0. The smallest absolute Gasteiger partial charge is 0.244 e. The van der Waals surface area contributed by atoms with Crippen LogP contribution >= 0.6 is 0 Å². The fourth-order valence-electron chi connectivity index (χ4n) is 3.03. The minimum absolute atomic E-state index is 0.0267. The van der Waals surface area contributed by atoms with Crippen LogP contribution in [0.15, 0.2) is 29.2 Å². The Labute approximate surface area is 171 Å². The van der Waals surface area contributed by atoms with E-state index in [1.54, 1.807) is 24.3 Å². The monoisotopic (exact) mass is 417 g/mol. The van der Waals surface area contributed by atoms with Gasteiger partial charge in [0.1, 0.15) is 13.7 Å². The summed E-state index contributed by atoms with van der Waals surface area (Å²) in [4.78, 5) is 0.242. The van der Waals surface area contributed by atoms with Gasteiger partial charge in [-0.1, -0.05) is 61.5 Å². The number of hydrogen-bond acceptors (Lipinski definition) is 3. The minimum atomic E-state index is -3.70. The zero-order chi connectivity index (χ0) is 20.8. The van der Waals surface area contributed by atoms with E-state index in [9.17, 15) is 13.5 Å². The van der Waals surface area contributed by atoms with Gasteiger partial charge in [0.05, 0.1) is 18.0 Å². The molecule has 0 aromatic heterocycles. The van der Waals surface area contributed by atoms with Crippen LogP contribution in [0, 0.1) is 30.2 Å². The average molecular weight is 418 g/mol. The third-order valence-corrected chi connectivity index (χ3v) is 7.37. The van der Waals surface area contributed by atoms with Gasteiger partial charge in [-0.05, 0) is 44.7 Å². The first-order valence-corrected chi connectivity index (χ1v) is 14.8. The summed E-state index contributed by atoms with van der Waals surface area (Å²) in [5.41, 5.74) is 3.24. The summed E-state index contributed by atoms with van der Waals surface area (Å²) in [6.45, 7) is 8.42. The maximum absolute atomic E-state index is 13.1. The fourth-order valence-corrected chi connectivity index (χ4v) is 4.89. The number of nitrogens with zero attached hydrogens (tertiary/aromatic N) is 1. The molecule has 28 heavy (non-hydrogen) atoms. The first-order valence-electron chi connectivity index (χ1n) is 9.81. The summed E-state index contributed by atoms with van der Waals surface area (Å²) in [6, 6.07) is 6.81. The highest BCUT2D eigenvalue weighted by Gasteiger charge is 2.27. The Morgan fingerprint density at radius 1 is 1.04 bits per heavy atom. The zero-order valence-corrected chi connectivity index (χ0v) is 19.2. The lowest BCUT2D eigenvalue weighted by molar-refractivity contribution is 0.0609. The lowest BCUT2D eigenvalue weighted by Crippen LogP contribution is -2.33. The molecule has 1 fully saturated rings. The van der Waals surface area contributed by atoms with Crippen LogP contribution in [0.5, 0.6) is 0 Å². The molecular weight excluding hydrogens is 386 g/mol. The molecule has 0 spiro atoms. The Kier molecular flexibility index (Phi) is 7.53. The molecule has 0 saturated heterocycles. The molecule has 0 bridgehead atoms. The van der Waals surface area contributed by atoms with E-state index in [1.165, 1.54) is 4.31 Å². The van der Waals surface area contributed by atoms with Crippen LogP contribution in [0.3, 0.4) is 0 Å². The summed E-state index contributed by atoms with van der Waals surface area (Å²) in [5.74, 6) is 8.89. The molecule has 0 atom stereocenters. The molecule has 0 unspecified atom stereocenters. The molecule has 1 aromatic carbocycles. The third-order valence-electron chi connectivity index (χ3n) is 4.63. The molecule has 0 heterocycles. The van der Waals surface area contributed by atoms with E-state index in [1.807, 2.05) is 6.92 Å². The van der Waals surface area contributed by atoms with Gasteiger partial charge in [0, 0.05) is 0 Å². The van der Waals surface area contributed by atoms with E-state index in [0.29, 0.717) is 12.8 Å². The highest BCUT2D eigenvalue weighted by molar-refractivity contribution is 7.89. The standard InChI is InChI=1S/C22H31NO3SSi/c1-20-10-12-21(13-11-20)27(25,26)23(18-9-19-28(2,3)4)17-8-16-22(24)14-6-5-7-15-22/h10-13,24H,5-7,14-15,17-18H2,1-4H3. The molecule has 4 nitrogen and oxygen atoms in total. The quantitative estimate of drug-likeness (QED) is 0.602. The second-order valence-corrected chi connectivity index (χ2v) is 15.2. The van der Waals surface area contributed by atoms with Crippen molar-refractivity contribution in [2.45, 2.75) is 69.2 Å². The van der Waals surface area contributed by atoms with Gasteiger partial charge in [0.15, 0.2) is 0 Å². The molecule has 2 rings (SSSR count). The van der Waals surface area contributed by atoms with Crippen LogP contribution in [0.2, 0.25) is 19.6 Å². The van der Waals surface area contributed by atoms with Gasteiger partial charge >= 0.3 is 0 Å². The molecule has 6 heteroatoms. The Morgan fingerprint density at radius 2 is 1.61 bits per heavy atom. The van der Waals surface area contributed by atoms with Crippen molar-refractivity contribution in [3.05, 3.63) is 29.8 Å². The molecule has 1 aromatic rings. The highest BCUT2D eigenvalue weighted by atomic mass is 32.2. The topological polar surface area (TPSA) is 57.6 Å². The summed E-state index contributed by atoms with van der Waals surface area (Å²) >= 11 is 0. The van der Waals surface area contributed by atoms with Gasteiger partial charge in [-0.3, -0.25) is 0 Å². The van der Waals surface area contributed by atoms with Crippen LogP contribution in [0.4, 0.5) is 0 Å². The van der Waals surface area contributed by atoms with Crippen molar-refractivity contribution in [2.24, 2.45) is 0 Å². The van der Waals surface area contributed by atoms with Gasteiger partial charge in [-0.2, -0.15) is 4.31 Å². The Balaban J connectivity index is 2.26. The van der Waals surface area contributed by atoms with E-state index in [4.69, 9.17) is 0 Å². The van der Waals surface area contributed by atoms with Crippen LogP contribution in [-0.4, -0.2) is 44.6 Å². The molecule has 152 valence electrons. The largest absolute Gasteiger partial charge is 0.378 e. The molecule has 1 aliphatic carbocycles. The molecule has 1 aliphatic rings. The van der Waals surface area contributed by atoms with Crippen LogP contribution in [-0.2, 0) is 10.0 Å². The van der Waals surface area contributed by atoms with Crippen molar-refractivity contribution < 1.29 is 13.5 Å². The maximum Gasteiger partial charge on any atom is 0.244 e. The van der Waals surface area contributed by atoms with Crippen molar-refractivity contribution in [1.82, 2.24) is 4.31 Å². The summed E-state index contributed by atoms with van der Waals surface area (Å²) in [6.07, 6.45) is 4.33. The van der Waals surface area contributed by atoms with E-state index in [0.717, 1.165) is 24.8 Å². The number of hydrogen-bond donors (Lipinski definition) is 1. The van der Waals surface area contributed by atoms with Gasteiger partial charge in [0.2, 0.25) is 10.0 Å².